The Morgan fingerprint density at radius 3 is 2.90 bits per heavy atom. The predicted molar refractivity (Wildman–Crippen MR) is 86.1 cm³/mol. The Morgan fingerprint density at radius 2 is 2.19 bits per heavy atom. The third-order valence-corrected chi connectivity index (χ3v) is 3.70. The fourth-order valence-electron chi connectivity index (χ4n) is 2.55. The van der Waals surface area contributed by atoms with Gasteiger partial charge in [-0.1, -0.05) is 19.1 Å². The number of aromatic nitrogens is 1. The van der Waals surface area contributed by atoms with Gasteiger partial charge >= 0.3 is 0 Å². The van der Waals surface area contributed by atoms with Crippen LogP contribution in [0, 0.1) is 0 Å². The lowest BCUT2D eigenvalue weighted by Gasteiger charge is -2.25. The van der Waals surface area contributed by atoms with E-state index in [-0.39, 0.29) is 0 Å². The third-order valence-electron chi connectivity index (χ3n) is 3.70. The van der Waals surface area contributed by atoms with Gasteiger partial charge in [0, 0.05) is 33.3 Å². The van der Waals surface area contributed by atoms with Crippen LogP contribution >= 0.6 is 0 Å². The number of pyridine rings is 1. The maximum absolute atomic E-state index is 5.19. The topological polar surface area (TPSA) is 37.4 Å². The first-order valence-corrected chi connectivity index (χ1v) is 7.86. The molecule has 2 rings (SSSR count). The van der Waals surface area contributed by atoms with Crippen molar-refractivity contribution in [2.75, 3.05) is 33.4 Å². The number of ether oxygens (including phenoxy) is 1. The van der Waals surface area contributed by atoms with Gasteiger partial charge in [0.2, 0.25) is 0 Å². The van der Waals surface area contributed by atoms with E-state index in [0.29, 0.717) is 0 Å². The van der Waals surface area contributed by atoms with Gasteiger partial charge in [-0.25, -0.2) is 0 Å². The van der Waals surface area contributed by atoms with Crippen LogP contribution in [0.3, 0.4) is 0 Å². The van der Waals surface area contributed by atoms with Crippen LogP contribution in [-0.4, -0.2) is 43.2 Å². The molecule has 0 saturated carbocycles. The Labute approximate surface area is 128 Å². The average molecular weight is 289 g/mol. The van der Waals surface area contributed by atoms with Gasteiger partial charge in [-0.15, -0.1) is 0 Å². The molecule has 0 amide bonds. The molecule has 4 nitrogen and oxygen atoms in total. The normalized spacial score (nSPS) is 16.0. The third kappa shape index (κ3) is 5.58. The monoisotopic (exact) mass is 289 g/mol. The zero-order valence-corrected chi connectivity index (χ0v) is 13.3. The quantitative estimate of drug-likeness (QED) is 0.589. The Kier molecular flexibility index (Phi) is 6.86. The van der Waals surface area contributed by atoms with Gasteiger partial charge in [-0.05, 0) is 37.1 Å². The van der Waals surface area contributed by atoms with Crippen molar-refractivity contribution in [3.63, 3.8) is 0 Å². The minimum absolute atomic E-state index is 0.769. The Bertz CT molecular complexity index is 459. The molecular formula is C17H27N3O. The summed E-state index contributed by atoms with van der Waals surface area (Å²) in [5.41, 5.74) is 3.71. The Morgan fingerprint density at radius 1 is 1.33 bits per heavy atom. The molecule has 2 heterocycles. The summed E-state index contributed by atoms with van der Waals surface area (Å²) in [6.45, 7) is 7.88. The summed E-state index contributed by atoms with van der Waals surface area (Å²) in [5, 5.41) is 3.40. The molecule has 0 radical (unpaired) electrons. The molecule has 1 aromatic rings. The summed E-state index contributed by atoms with van der Waals surface area (Å²) in [7, 11) is 1.76. The number of methoxy groups -OCH3 is 1. The van der Waals surface area contributed by atoms with E-state index < -0.39 is 0 Å². The zero-order chi connectivity index (χ0) is 14.9. The smallest absolute Gasteiger partial charge is 0.0673 e. The first kappa shape index (κ1) is 16.1. The van der Waals surface area contributed by atoms with Crippen molar-refractivity contribution in [3.8, 4) is 0 Å². The summed E-state index contributed by atoms with van der Waals surface area (Å²) in [5.74, 6) is 0. The van der Waals surface area contributed by atoms with Gasteiger partial charge in [0.15, 0.2) is 0 Å². The number of hydrogen-bond donors (Lipinski definition) is 1. The second-order valence-corrected chi connectivity index (χ2v) is 5.58. The lowest BCUT2D eigenvalue weighted by Crippen LogP contribution is -2.29. The van der Waals surface area contributed by atoms with E-state index in [0.717, 1.165) is 63.6 Å². The highest BCUT2D eigenvalue weighted by molar-refractivity contribution is 5.13. The minimum Gasteiger partial charge on any atom is -0.380 e. The van der Waals surface area contributed by atoms with E-state index in [2.05, 4.69) is 41.4 Å². The number of nitrogens with zero attached hydrogens (tertiary/aromatic N) is 2. The maximum Gasteiger partial charge on any atom is 0.0673 e. The van der Waals surface area contributed by atoms with Gasteiger partial charge < -0.3 is 10.1 Å². The van der Waals surface area contributed by atoms with E-state index in [9.17, 15) is 0 Å². The van der Waals surface area contributed by atoms with Crippen LogP contribution in [0.4, 0.5) is 0 Å². The highest BCUT2D eigenvalue weighted by Gasteiger charge is 2.12. The molecule has 1 N–H and O–H groups in total. The van der Waals surface area contributed by atoms with Gasteiger partial charge in [0.1, 0.15) is 0 Å². The van der Waals surface area contributed by atoms with Crippen molar-refractivity contribution < 1.29 is 4.74 Å². The van der Waals surface area contributed by atoms with E-state index >= 15 is 0 Å². The molecule has 116 valence electrons. The van der Waals surface area contributed by atoms with Crippen molar-refractivity contribution in [2.45, 2.75) is 32.9 Å². The summed E-state index contributed by atoms with van der Waals surface area (Å²) in [6.07, 6.45) is 4.55. The van der Waals surface area contributed by atoms with Crippen molar-refractivity contribution in [1.29, 1.82) is 0 Å². The highest BCUT2D eigenvalue weighted by Crippen LogP contribution is 2.13. The molecule has 1 aliphatic rings. The molecule has 0 aromatic carbocycles. The second-order valence-electron chi connectivity index (χ2n) is 5.58. The van der Waals surface area contributed by atoms with Crippen LogP contribution in [0.2, 0.25) is 0 Å². The van der Waals surface area contributed by atoms with Gasteiger partial charge in [0.25, 0.3) is 0 Å². The van der Waals surface area contributed by atoms with Crippen LogP contribution in [-0.2, 0) is 17.8 Å². The molecule has 0 atom stereocenters. The Balaban J connectivity index is 1.84. The molecule has 21 heavy (non-hydrogen) atoms. The van der Waals surface area contributed by atoms with E-state index in [1.807, 2.05) is 0 Å². The lowest BCUT2D eigenvalue weighted by atomic mass is 10.1. The van der Waals surface area contributed by atoms with Crippen LogP contribution in [0.1, 0.15) is 31.2 Å². The molecule has 0 aliphatic carbocycles. The van der Waals surface area contributed by atoms with Gasteiger partial charge in [0.05, 0.1) is 18.0 Å². The van der Waals surface area contributed by atoms with E-state index in [4.69, 9.17) is 9.72 Å². The SMILES string of the molecule is CCCNCc1cccc(CN2CC=C(COC)CC2)n1. The number of nitrogens with one attached hydrogen (secondary N) is 1. The van der Waals surface area contributed by atoms with E-state index in [1.54, 1.807) is 7.11 Å². The van der Waals surface area contributed by atoms with E-state index in [1.165, 1.54) is 5.57 Å². The van der Waals surface area contributed by atoms with Crippen LogP contribution in [0.5, 0.6) is 0 Å². The van der Waals surface area contributed by atoms with Crippen LogP contribution in [0.25, 0.3) is 0 Å². The molecule has 1 aromatic heterocycles. The highest BCUT2D eigenvalue weighted by atomic mass is 16.5. The lowest BCUT2D eigenvalue weighted by molar-refractivity contribution is 0.210. The predicted octanol–water partition coefficient (Wildman–Crippen LogP) is 2.36. The summed E-state index contributed by atoms with van der Waals surface area (Å²) in [4.78, 5) is 7.18. The van der Waals surface area contributed by atoms with Gasteiger partial charge in [-0.2, -0.15) is 0 Å². The first-order chi connectivity index (χ1) is 10.3. The van der Waals surface area contributed by atoms with Crippen molar-refractivity contribution >= 4 is 0 Å². The largest absolute Gasteiger partial charge is 0.380 e. The molecule has 0 unspecified atom stereocenters. The minimum atomic E-state index is 0.769. The summed E-state index contributed by atoms with van der Waals surface area (Å²) >= 11 is 0. The number of hydrogen-bond acceptors (Lipinski definition) is 4. The molecule has 4 heteroatoms. The summed E-state index contributed by atoms with van der Waals surface area (Å²) in [6, 6.07) is 6.33. The fraction of sp³-hybridized carbons (Fsp3) is 0.588. The molecule has 1 aliphatic heterocycles. The number of rotatable bonds is 8. The van der Waals surface area contributed by atoms with Crippen molar-refractivity contribution in [1.82, 2.24) is 15.2 Å². The molecule has 0 saturated heterocycles. The van der Waals surface area contributed by atoms with Gasteiger partial charge in [-0.3, -0.25) is 9.88 Å². The maximum atomic E-state index is 5.19. The fourth-order valence-corrected chi connectivity index (χ4v) is 2.55. The zero-order valence-electron chi connectivity index (χ0n) is 13.3. The van der Waals surface area contributed by atoms with Crippen LogP contribution in [0.15, 0.2) is 29.8 Å². The summed E-state index contributed by atoms with van der Waals surface area (Å²) < 4.78 is 5.19. The van der Waals surface area contributed by atoms with Crippen molar-refractivity contribution in [3.05, 3.63) is 41.2 Å². The molecular weight excluding hydrogens is 262 g/mol. The second kappa shape index (κ2) is 8.93. The molecule has 0 bridgehead atoms. The first-order valence-electron chi connectivity index (χ1n) is 7.86. The average Bonchev–Trinajstić information content (AvgIpc) is 2.50. The standard InChI is InChI=1S/C17H27N3O/c1-3-9-18-12-16-5-4-6-17(19-16)13-20-10-7-15(8-11-20)14-21-2/h4-7,18H,3,8-14H2,1-2H3. The van der Waals surface area contributed by atoms with Crippen molar-refractivity contribution in [2.24, 2.45) is 0 Å². The molecule has 0 fully saturated rings. The Hall–Kier alpha value is -1.23. The van der Waals surface area contributed by atoms with Crippen LogP contribution < -0.4 is 5.32 Å². The molecule has 0 spiro atoms.